The van der Waals surface area contributed by atoms with E-state index in [2.05, 4.69) is 0 Å². The molecule has 0 saturated carbocycles. The van der Waals surface area contributed by atoms with Crippen LogP contribution < -0.4 is 5.76 Å². The molecule has 0 aliphatic heterocycles. The van der Waals surface area contributed by atoms with Crippen LogP contribution >= 0.6 is 0 Å². The summed E-state index contributed by atoms with van der Waals surface area (Å²) in [4.78, 5) is 24.6. The van der Waals surface area contributed by atoms with Gasteiger partial charge in [-0.3, -0.25) is 9.36 Å². The monoisotopic (exact) mass is 341 g/mol. The Morgan fingerprint density at radius 1 is 1.30 bits per heavy atom. The van der Waals surface area contributed by atoms with Crippen molar-refractivity contribution in [2.75, 3.05) is 27.2 Å². The number of benzene rings is 1. The lowest BCUT2D eigenvalue weighted by Gasteiger charge is -2.21. The first-order valence-electron chi connectivity index (χ1n) is 6.98. The van der Waals surface area contributed by atoms with Gasteiger partial charge in [-0.15, -0.1) is 0 Å². The van der Waals surface area contributed by atoms with Gasteiger partial charge >= 0.3 is 5.76 Å². The van der Waals surface area contributed by atoms with E-state index in [1.54, 1.807) is 21.0 Å². The Morgan fingerprint density at radius 2 is 1.96 bits per heavy atom. The number of fused-ring (bicyclic) bond motifs is 1. The molecular weight excluding hydrogens is 322 g/mol. The normalized spacial score (nSPS) is 12.0. The van der Waals surface area contributed by atoms with Gasteiger partial charge in [0.05, 0.1) is 17.0 Å². The lowest BCUT2D eigenvalue weighted by atomic mass is 10.3. The van der Waals surface area contributed by atoms with Gasteiger partial charge in [-0.05, 0) is 12.1 Å². The molecule has 0 bridgehead atoms. The van der Waals surface area contributed by atoms with Gasteiger partial charge in [0.2, 0.25) is 15.9 Å². The maximum absolute atomic E-state index is 12.7. The molecule has 2 aromatic rings. The van der Waals surface area contributed by atoms with Gasteiger partial charge in [0.25, 0.3) is 0 Å². The summed E-state index contributed by atoms with van der Waals surface area (Å²) in [5.74, 6) is -0.882. The zero-order valence-electron chi connectivity index (χ0n) is 13.4. The average molecular weight is 341 g/mol. The van der Waals surface area contributed by atoms with Crippen LogP contribution in [-0.2, 0) is 21.9 Å². The van der Waals surface area contributed by atoms with Gasteiger partial charge in [-0.2, -0.15) is 4.31 Å². The van der Waals surface area contributed by atoms with Crippen LogP contribution in [0.25, 0.3) is 11.1 Å². The van der Waals surface area contributed by atoms with E-state index in [1.165, 1.54) is 34.7 Å². The number of hydrogen-bond acceptors (Lipinski definition) is 5. The van der Waals surface area contributed by atoms with Crippen LogP contribution in [0.2, 0.25) is 0 Å². The van der Waals surface area contributed by atoms with Crippen molar-refractivity contribution in [1.82, 2.24) is 13.8 Å². The van der Waals surface area contributed by atoms with Gasteiger partial charge in [0.1, 0.15) is 0 Å². The van der Waals surface area contributed by atoms with E-state index in [0.717, 1.165) is 4.31 Å². The first kappa shape index (κ1) is 17.2. The number of aryl methyl sites for hydroxylation is 1. The molecule has 0 aliphatic carbocycles. The minimum atomic E-state index is -3.86. The average Bonchev–Trinajstić information content (AvgIpc) is 2.78. The molecule has 0 spiro atoms. The lowest BCUT2D eigenvalue weighted by Crippen LogP contribution is -2.40. The van der Waals surface area contributed by atoms with Crippen LogP contribution in [0.1, 0.15) is 6.92 Å². The summed E-state index contributed by atoms with van der Waals surface area (Å²) in [5, 5.41) is 0. The van der Waals surface area contributed by atoms with E-state index in [-0.39, 0.29) is 29.5 Å². The number of nitrogens with zero attached hydrogens (tertiary/aromatic N) is 3. The van der Waals surface area contributed by atoms with Gasteiger partial charge in [-0.25, -0.2) is 13.2 Å². The summed E-state index contributed by atoms with van der Waals surface area (Å²) in [6.45, 7) is 1.56. The highest BCUT2D eigenvalue weighted by molar-refractivity contribution is 7.89. The molecule has 0 fully saturated rings. The van der Waals surface area contributed by atoms with Crippen LogP contribution in [0.4, 0.5) is 0 Å². The Balaban J connectivity index is 2.45. The van der Waals surface area contributed by atoms with Gasteiger partial charge in [-0.1, -0.05) is 6.92 Å². The Hall–Kier alpha value is -2.13. The molecule has 0 unspecified atom stereocenters. The van der Waals surface area contributed by atoms with Crippen LogP contribution in [0, 0.1) is 0 Å². The number of rotatable bonds is 5. The van der Waals surface area contributed by atoms with Crippen LogP contribution in [0.5, 0.6) is 0 Å². The molecule has 2 rings (SSSR count). The van der Waals surface area contributed by atoms with Crippen LogP contribution in [0.3, 0.4) is 0 Å². The molecule has 23 heavy (non-hydrogen) atoms. The Labute approximate surface area is 133 Å². The van der Waals surface area contributed by atoms with E-state index in [1.807, 2.05) is 0 Å². The maximum atomic E-state index is 12.7. The molecule has 126 valence electrons. The van der Waals surface area contributed by atoms with Crippen LogP contribution in [0.15, 0.2) is 32.3 Å². The number of carbonyl (C=O) groups is 1. The summed E-state index contributed by atoms with van der Waals surface area (Å²) < 4.78 is 32.8. The molecule has 9 heteroatoms. The van der Waals surface area contributed by atoms with Gasteiger partial charge < -0.3 is 9.32 Å². The maximum Gasteiger partial charge on any atom is 0.419 e. The third-order valence-electron chi connectivity index (χ3n) is 3.56. The minimum Gasteiger partial charge on any atom is -0.408 e. The molecular formula is C14H19N3O5S. The van der Waals surface area contributed by atoms with Crippen LogP contribution in [-0.4, -0.2) is 55.3 Å². The second-order valence-electron chi connectivity index (χ2n) is 5.28. The summed E-state index contributed by atoms with van der Waals surface area (Å²) in [7, 11) is 0.804. The smallest absolute Gasteiger partial charge is 0.408 e. The number of sulfonamides is 1. The molecule has 1 heterocycles. The molecule has 0 atom stereocenters. The van der Waals surface area contributed by atoms with Crippen molar-refractivity contribution in [2.24, 2.45) is 7.05 Å². The summed E-state index contributed by atoms with van der Waals surface area (Å²) in [6, 6.07) is 4.21. The van der Waals surface area contributed by atoms with Crippen molar-refractivity contribution in [3.8, 4) is 0 Å². The number of aromatic nitrogens is 1. The fraction of sp³-hybridized carbons (Fsp3) is 0.429. The zero-order chi connectivity index (χ0) is 17.4. The molecule has 1 aromatic heterocycles. The minimum absolute atomic E-state index is 0.0206. The topological polar surface area (TPSA) is 92.8 Å². The number of carbonyl (C=O) groups excluding carboxylic acids is 1. The first-order chi connectivity index (χ1) is 10.7. The van der Waals surface area contributed by atoms with Gasteiger partial charge in [0.15, 0.2) is 5.58 Å². The molecule has 1 amide bonds. The van der Waals surface area contributed by atoms with Crippen molar-refractivity contribution in [3.05, 3.63) is 28.7 Å². The molecule has 0 aliphatic rings. The number of hydrogen-bond donors (Lipinski definition) is 0. The highest BCUT2D eigenvalue weighted by Crippen LogP contribution is 2.21. The fourth-order valence-electron chi connectivity index (χ4n) is 2.08. The molecule has 0 N–H and O–H groups in total. The highest BCUT2D eigenvalue weighted by atomic mass is 32.2. The van der Waals surface area contributed by atoms with E-state index in [9.17, 15) is 18.0 Å². The van der Waals surface area contributed by atoms with E-state index in [0.29, 0.717) is 5.52 Å². The Kier molecular flexibility index (Phi) is 4.62. The fourth-order valence-corrected chi connectivity index (χ4v) is 3.50. The van der Waals surface area contributed by atoms with E-state index >= 15 is 0 Å². The van der Waals surface area contributed by atoms with E-state index < -0.39 is 15.8 Å². The first-order valence-corrected chi connectivity index (χ1v) is 8.42. The summed E-state index contributed by atoms with van der Waals surface area (Å²) in [6.07, 6.45) is 0. The second kappa shape index (κ2) is 6.17. The predicted molar refractivity (Wildman–Crippen MR) is 84.6 cm³/mol. The largest absolute Gasteiger partial charge is 0.419 e. The van der Waals surface area contributed by atoms with Crippen molar-refractivity contribution in [3.63, 3.8) is 0 Å². The third-order valence-corrected chi connectivity index (χ3v) is 5.48. The number of oxazole rings is 1. The van der Waals surface area contributed by atoms with Gasteiger partial charge in [0, 0.05) is 33.8 Å². The standard InChI is InChI=1S/C14H19N3O5S/c1-5-17(9-13(18)15(2)3)23(20,21)10-6-7-11-12(8-10)22-14(19)16(11)4/h6-8H,5,9H2,1-4H3. The SMILES string of the molecule is CCN(CC(=O)N(C)C)S(=O)(=O)c1ccc2c(c1)oc(=O)n2C. The summed E-state index contributed by atoms with van der Waals surface area (Å²) in [5.41, 5.74) is 0.690. The molecule has 0 saturated heterocycles. The second-order valence-corrected chi connectivity index (χ2v) is 7.21. The van der Waals surface area contributed by atoms with E-state index in [4.69, 9.17) is 4.42 Å². The third kappa shape index (κ3) is 3.15. The van der Waals surface area contributed by atoms with Crippen molar-refractivity contribution < 1.29 is 17.6 Å². The molecule has 1 aromatic carbocycles. The number of amides is 1. The van der Waals surface area contributed by atoms with Crippen molar-refractivity contribution >= 4 is 27.0 Å². The van der Waals surface area contributed by atoms with Crippen molar-refractivity contribution in [2.45, 2.75) is 11.8 Å². The Bertz CT molecular complexity index is 895. The zero-order valence-corrected chi connectivity index (χ0v) is 14.3. The van der Waals surface area contributed by atoms with Crippen molar-refractivity contribution in [1.29, 1.82) is 0 Å². The Morgan fingerprint density at radius 3 is 2.52 bits per heavy atom. The highest BCUT2D eigenvalue weighted by Gasteiger charge is 2.26. The lowest BCUT2D eigenvalue weighted by molar-refractivity contribution is -0.128. The number of likely N-dealkylation sites (N-methyl/N-ethyl adjacent to an activating group) is 2. The molecule has 8 nitrogen and oxygen atoms in total. The predicted octanol–water partition coefficient (Wildman–Crippen LogP) is 0.230. The summed E-state index contributed by atoms with van der Waals surface area (Å²) >= 11 is 0. The quantitative estimate of drug-likeness (QED) is 0.776. The molecule has 0 radical (unpaired) electrons.